The molecular weight excluding hydrogens is 442 g/mol. The summed E-state index contributed by atoms with van der Waals surface area (Å²) in [5.74, 6) is -1.98. The molecule has 2 N–H and O–H groups in total. The van der Waals surface area contributed by atoms with Gasteiger partial charge in [-0.25, -0.2) is 0 Å². The van der Waals surface area contributed by atoms with Crippen molar-refractivity contribution >= 4 is 29.4 Å². The number of rotatable bonds is 8. The van der Waals surface area contributed by atoms with Crippen LogP contribution in [0.3, 0.4) is 0 Å². The average Bonchev–Trinajstić information content (AvgIpc) is 3.07. The monoisotopic (exact) mass is 463 g/mol. The molecule has 6 nitrogen and oxygen atoms in total. The molecule has 1 heterocycles. The summed E-state index contributed by atoms with van der Waals surface area (Å²) in [6.07, 6.45) is -0.0690. The number of carboxylic acids is 1. The summed E-state index contributed by atoms with van der Waals surface area (Å²) in [5, 5.41) is 20.5. The highest BCUT2D eigenvalue weighted by Crippen LogP contribution is 2.35. The fourth-order valence-corrected chi connectivity index (χ4v) is 4.44. The van der Waals surface area contributed by atoms with E-state index >= 15 is 0 Å². The van der Waals surface area contributed by atoms with Crippen molar-refractivity contribution in [2.75, 3.05) is 13.2 Å². The van der Waals surface area contributed by atoms with Gasteiger partial charge in [0.1, 0.15) is 0 Å². The number of nitrogens with zero attached hydrogens (tertiary/aromatic N) is 1. The highest BCUT2D eigenvalue weighted by atomic mass is 35.5. The highest BCUT2D eigenvalue weighted by Gasteiger charge is 2.43. The van der Waals surface area contributed by atoms with Crippen molar-refractivity contribution in [2.24, 2.45) is 0 Å². The summed E-state index contributed by atoms with van der Waals surface area (Å²) >= 11 is 5.95. The fourth-order valence-electron chi connectivity index (χ4n) is 4.31. The molecule has 3 aromatic carbocycles. The molecule has 0 radical (unpaired) electrons. The van der Waals surface area contributed by atoms with Gasteiger partial charge < -0.3 is 10.2 Å². The smallest absolute Gasteiger partial charge is 0.314 e. The summed E-state index contributed by atoms with van der Waals surface area (Å²) < 4.78 is 0. The molecule has 1 unspecified atom stereocenters. The lowest BCUT2D eigenvalue weighted by Crippen LogP contribution is -2.42. The molecule has 1 atom stereocenters. The first-order chi connectivity index (χ1) is 15.9. The number of carboxylic acid groups (broad SMARTS) is 1. The Morgan fingerprint density at radius 2 is 1.33 bits per heavy atom. The maximum atomic E-state index is 12.7. The number of aliphatic carboxylic acids is 1. The summed E-state index contributed by atoms with van der Waals surface area (Å²) in [4.78, 5) is 39.0. The second-order valence-corrected chi connectivity index (χ2v) is 8.44. The molecule has 0 fully saturated rings. The van der Waals surface area contributed by atoms with Crippen molar-refractivity contribution in [3.63, 3.8) is 0 Å². The molecule has 0 saturated heterocycles. The van der Waals surface area contributed by atoms with E-state index in [1.165, 1.54) is 0 Å². The summed E-state index contributed by atoms with van der Waals surface area (Å²) in [6.45, 7) is -0.426. The van der Waals surface area contributed by atoms with Crippen LogP contribution in [-0.4, -0.2) is 46.0 Å². The van der Waals surface area contributed by atoms with Gasteiger partial charge in [0, 0.05) is 18.2 Å². The van der Waals surface area contributed by atoms with Gasteiger partial charge in [-0.1, -0.05) is 60.1 Å². The normalized spacial score (nSPS) is 14.8. The van der Waals surface area contributed by atoms with Gasteiger partial charge in [-0.15, -0.1) is 0 Å². The highest BCUT2D eigenvalue weighted by molar-refractivity contribution is 6.30. The first-order valence-corrected chi connectivity index (χ1v) is 10.9. The summed E-state index contributed by atoms with van der Waals surface area (Å²) in [6, 6.07) is 20.9. The first kappa shape index (κ1) is 22.7. The molecule has 7 heteroatoms. The molecule has 1 aliphatic rings. The minimum atomic E-state index is -1.46. The van der Waals surface area contributed by atoms with E-state index in [-0.39, 0.29) is 26.0 Å². The molecule has 4 rings (SSSR count). The van der Waals surface area contributed by atoms with Crippen molar-refractivity contribution in [3.05, 3.63) is 94.5 Å². The Balaban J connectivity index is 1.62. The first-order valence-electron chi connectivity index (χ1n) is 10.5. The summed E-state index contributed by atoms with van der Waals surface area (Å²) in [7, 11) is 0. The molecule has 0 saturated carbocycles. The second kappa shape index (κ2) is 9.17. The van der Waals surface area contributed by atoms with Crippen molar-refractivity contribution in [2.45, 2.75) is 18.3 Å². The maximum absolute atomic E-state index is 12.7. The Morgan fingerprint density at radius 1 is 0.818 bits per heavy atom. The number of fused-ring (bicyclic) bond motifs is 1. The van der Waals surface area contributed by atoms with Gasteiger partial charge in [0.15, 0.2) is 0 Å². The Bertz CT molecular complexity index is 1170. The van der Waals surface area contributed by atoms with Crippen LogP contribution in [0.1, 0.15) is 39.1 Å². The lowest BCUT2D eigenvalue weighted by Gasteiger charge is -2.31. The quantitative estimate of drug-likeness (QED) is 0.483. The predicted molar refractivity (Wildman–Crippen MR) is 124 cm³/mol. The van der Waals surface area contributed by atoms with Crippen LogP contribution in [0.5, 0.6) is 0 Å². The fraction of sp³-hybridized carbons (Fsp3) is 0.192. The average molecular weight is 464 g/mol. The number of amides is 2. The van der Waals surface area contributed by atoms with Gasteiger partial charge in [-0.2, -0.15) is 0 Å². The van der Waals surface area contributed by atoms with E-state index in [4.69, 9.17) is 11.6 Å². The SMILES string of the molecule is O=C1c2ccccc2C(=O)N1CCC(CCO)(C(=O)O)c1ccc(-c2ccc(Cl)cc2)cc1. The molecule has 0 aromatic heterocycles. The minimum absolute atomic E-state index is 0.0192. The molecule has 0 aliphatic carbocycles. The van der Waals surface area contributed by atoms with Crippen LogP contribution in [0.4, 0.5) is 0 Å². The molecule has 0 spiro atoms. The lowest BCUT2D eigenvalue weighted by molar-refractivity contribution is -0.145. The molecule has 3 aromatic rings. The molecule has 1 aliphatic heterocycles. The molecule has 2 amide bonds. The molecule has 33 heavy (non-hydrogen) atoms. The number of carbonyl (C=O) groups is 3. The Morgan fingerprint density at radius 3 is 1.82 bits per heavy atom. The van der Waals surface area contributed by atoms with Crippen LogP contribution in [0.25, 0.3) is 11.1 Å². The predicted octanol–water partition coefficient (Wildman–Crippen LogP) is 4.40. The zero-order chi connectivity index (χ0) is 23.6. The van der Waals surface area contributed by atoms with E-state index in [9.17, 15) is 24.6 Å². The Hall–Kier alpha value is -3.48. The lowest BCUT2D eigenvalue weighted by atomic mass is 9.74. The van der Waals surface area contributed by atoms with Crippen LogP contribution in [0, 0.1) is 0 Å². The third kappa shape index (κ3) is 4.15. The Labute approximate surface area is 196 Å². The van der Waals surface area contributed by atoms with Crippen LogP contribution in [0.2, 0.25) is 5.02 Å². The summed E-state index contributed by atoms with van der Waals surface area (Å²) in [5.41, 5.74) is 1.50. The van der Waals surface area contributed by atoms with E-state index < -0.39 is 23.2 Å². The van der Waals surface area contributed by atoms with E-state index in [2.05, 4.69) is 0 Å². The van der Waals surface area contributed by atoms with E-state index in [1.54, 1.807) is 48.5 Å². The second-order valence-electron chi connectivity index (χ2n) is 8.00. The van der Waals surface area contributed by atoms with Crippen LogP contribution < -0.4 is 0 Å². The number of aliphatic hydroxyl groups excluding tert-OH is 1. The topological polar surface area (TPSA) is 94.9 Å². The third-order valence-corrected chi connectivity index (χ3v) is 6.46. The number of aliphatic hydroxyl groups is 1. The van der Waals surface area contributed by atoms with Gasteiger partial charge >= 0.3 is 5.97 Å². The number of carbonyl (C=O) groups excluding carboxylic acids is 2. The van der Waals surface area contributed by atoms with Gasteiger partial charge in [0.25, 0.3) is 11.8 Å². The van der Waals surface area contributed by atoms with Crippen LogP contribution in [0.15, 0.2) is 72.8 Å². The largest absolute Gasteiger partial charge is 0.481 e. The van der Waals surface area contributed by atoms with Crippen molar-refractivity contribution in [1.82, 2.24) is 4.90 Å². The van der Waals surface area contributed by atoms with E-state index in [0.717, 1.165) is 16.0 Å². The van der Waals surface area contributed by atoms with E-state index in [0.29, 0.717) is 21.7 Å². The zero-order valence-electron chi connectivity index (χ0n) is 17.7. The van der Waals surface area contributed by atoms with Gasteiger partial charge in [-0.3, -0.25) is 19.3 Å². The standard InChI is InChI=1S/C26H22ClNO5/c27-20-11-7-18(8-12-20)17-5-9-19(10-6-17)26(14-16-29,25(32)33)13-15-28-23(30)21-3-1-2-4-22(21)24(28)31/h1-12,29H,13-16H2,(H,32,33). The maximum Gasteiger partial charge on any atom is 0.314 e. The number of halogens is 1. The number of hydrogen-bond donors (Lipinski definition) is 2. The van der Waals surface area contributed by atoms with Gasteiger partial charge in [0.2, 0.25) is 0 Å². The zero-order valence-corrected chi connectivity index (χ0v) is 18.5. The third-order valence-electron chi connectivity index (χ3n) is 6.20. The number of hydrogen-bond acceptors (Lipinski definition) is 4. The number of imide groups is 1. The van der Waals surface area contributed by atoms with Crippen LogP contribution >= 0.6 is 11.6 Å². The molecule has 0 bridgehead atoms. The minimum Gasteiger partial charge on any atom is -0.481 e. The van der Waals surface area contributed by atoms with Gasteiger partial charge in [0.05, 0.1) is 16.5 Å². The van der Waals surface area contributed by atoms with Crippen molar-refractivity contribution < 1.29 is 24.6 Å². The van der Waals surface area contributed by atoms with Gasteiger partial charge in [-0.05, 0) is 53.8 Å². The van der Waals surface area contributed by atoms with Crippen molar-refractivity contribution in [1.29, 1.82) is 0 Å². The van der Waals surface area contributed by atoms with Crippen LogP contribution in [-0.2, 0) is 10.2 Å². The van der Waals surface area contributed by atoms with Crippen molar-refractivity contribution in [3.8, 4) is 11.1 Å². The molecular formula is C26H22ClNO5. The van der Waals surface area contributed by atoms with E-state index in [1.807, 2.05) is 24.3 Å². The Kier molecular flexibility index (Phi) is 6.31. The number of benzene rings is 3. The molecule has 168 valence electrons.